The van der Waals surface area contributed by atoms with Gasteiger partial charge in [0, 0.05) is 23.5 Å². The minimum absolute atomic E-state index is 0.0861. The number of fused-ring (bicyclic) bond motifs is 8. The number of anilines is 1. The van der Waals surface area contributed by atoms with Crippen molar-refractivity contribution in [2.75, 3.05) is 31.3 Å². The molecule has 0 aliphatic carbocycles. The molecule has 148 valence electrons. The quantitative estimate of drug-likeness (QED) is 0.629. The van der Waals surface area contributed by atoms with Crippen LogP contribution in [0.1, 0.15) is 22.9 Å². The third-order valence-corrected chi connectivity index (χ3v) is 6.54. The lowest BCUT2D eigenvalue weighted by atomic mass is 9.76. The van der Waals surface area contributed by atoms with E-state index in [9.17, 15) is 0 Å². The fourth-order valence-electron chi connectivity index (χ4n) is 5.26. The number of benzene rings is 2. The van der Waals surface area contributed by atoms with Crippen LogP contribution in [0, 0.1) is 0 Å². The van der Waals surface area contributed by atoms with Crippen LogP contribution in [-0.4, -0.2) is 37.2 Å². The van der Waals surface area contributed by atoms with Crippen LogP contribution in [0.5, 0.6) is 17.2 Å². The summed E-state index contributed by atoms with van der Waals surface area (Å²) < 4.78 is 17.9. The summed E-state index contributed by atoms with van der Waals surface area (Å²) in [4.78, 5) is 12.0. The van der Waals surface area contributed by atoms with E-state index in [1.807, 2.05) is 24.4 Å². The van der Waals surface area contributed by atoms with Gasteiger partial charge in [-0.05, 0) is 29.8 Å². The lowest BCUT2D eigenvalue weighted by Gasteiger charge is -2.27. The number of aliphatic imine (C=N–C) groups is 1. The highest BCUT2D eigenvalue weighted by molar-refractivity contribution is 6.16. The number of pyridine rings is 1. The highest BCUT2D eigenvalue weighted by Crippen LogP contribution is 2.57. The van der Waals surface area contributed by atoms with Gasteiger partial charge in [0.25, 0.3) is 0 Å². The lowest BCUT2D eigenvalue weighted by Crippen LogP contribution is -2.41. The zero-order valence-corrected chi connectivity index (χ0v) is 16.2. The van der Waals surface area contributed by atoms with Gasteiger partial charge in [-0.2, -0.15) is 0 Å². The molecule has 0 amide bonds. The Kier molecular flexibility index (Phi) is 3.12. The van der Waals surface area contributed by atoms with Gasteiger partial charge in [-0.3, -0.25) is 9.98 Å². The monoisotopic (exact) mass is 397 g/mol. The van der Waals surface area contributed by atoms with Crippen LogP contribution in [0.3, 0.4) is 0 Å². The van der Waals surface area contributed by atoms with Crippen LogP contribution < -0.4 is 19.1 Å². The summed E-state index contributed by atoms with van der Waals surface area (Å²) >= 11 is 0. The first kappa shape index (κ1) is 16.3. The summed E-state index contributed by atoms with van der Waals surface area (Å²) in [5, 5.41) is 0. The van der Waals surface area contributed by atoms with Gasteiger partial charge in [-0.25, -0.2) is 0 Å². The highest BCUT2D eigenvalue weighted by Gasteiger charge is 2.58. The molecule has 6 nitrogen and oxygen atoms in total. The molecule has 0 saturated heterocycles. The Hall–Kier alpha value is -3.54. The molecule has 1 spiro atoms. The Morgan fingerprint density at radius 1 is 0.867 bits per heavy atom. The van der Waals surface area contributed by atoms with Crippen molar-refractivity contribution >= 4 is 11.5 Å². The van der Waals surface area contributed by atoms with Crippen molar-refractivity contribution in [2.45, 2.75) is 11.5 Å². The number of hydrogen-bond acceptors (Lipinski definition) is 6. The number of aromatic nitrogens is 1. The second-order valence-corrected chi connectivity index (χ2v) is 8.01. The van der Waals surface area contributed by atoms with Crippen LogP contribution in [0.2, 0.25) is 0 Å². The fourth-order valence-corrected chi connectivity index (χ4v) is 5.26. The van der Waals surface area contributed by atoms with E-state index in [1.54, 1.807) is 0 Å². The number of hydrogen-bond donors (Lipinski definition) is 0. The van der Waals surface area contributed by atoms with Gasteiger partial charge in [0.1, 0.15) is 36.8 Å². The maximum Gasteiger partial charge on any atom is 0.165 e. The largest absolute Gasteiger partial charge is 0.491 e. The third kappa shape index (κ3) is 1.93. The Bertz CT molecular complexity index is 1210. The van der Waals surface area contributed by atoms with Crippen LogP contribution >= 0.6 is 0 Å². The molecule has 0 bridgehead atoms. The normalized spacial score (nSPS) is 24.9. The predicted molar refractivity (Wildman–Crippen MR) is 112 cm³/mol. The van der Waals surface area contributed by atoms with Crippen molar-refractivity contribution in [1.82, 2.24) is 4.98 Å². The molecule has 7 rings (SSSR count). The van der Waals surface area contributed by atoms with Gasteiger partial charge >= 0.3 is 0 Å². The summed E-state index contributed by atoms with van der Waals surface area (Å²) in [6.45, 7) is 2.33. The van der Waals surface area contributed by atoms with Crippen LogP contribution in [-0.2, 0) is 5.41 Å². The van der Waals surface area contributed by atoms with Crippen LogP contribution in [0.25, 0.3) is 0 Å². The zero-order valence-electron chi connectivity index (χ0n) is 16.2. The molecular formula is C24H19N3O3. The Morgan fingerprint density at radius 3 is 2.57 bits per heavy atom. The first-order chi connectivity index (χ1) is 14.9. The molecule has 0 radical (unpaired) electrons. The van der Waals surface area contributed by atoms with E-state index in [4.69, 9.17) is 19.2 Å². The number of rotatable bonds is 1. The van der Waals surface area contributed by atoms with Gasteiger partial charge in [-0.15, -0.1) is 0 Å². The fraction of sp³-hybridized carbons (Fsp3) is 0.250. The Morgan fingerprint density at radius 2 is 1.70 bits per heavy atom. The standard InChI is InChI=1S/C24H19N3O3/c1-2-7-18-15(5-1)24(23-26-13-19(27(18)23)17-6-3-4-8-25-17)14-30-20-12-22-21(11-16(20)24)28-9-10-29-22/h1-8,11-12,19H,9-10,13-14H2. The number of ether oxygens (including phenoxy) is 3. The molecule has 4 aliphatic rings. The van der Waals surface area contributed by atoms with Crippen molar-refractivity contribution in [3.63, 3.8) is 0 Å². The highest BCUT2D eigenvalue weighted by atomic mass is 16.6. The Balaban J connectivity index is 1.44. The number of para-hydroxylation sites is 1. The molecule has 1 aromatic heterocycles. The molecule has 5 heterocycles. The summed E-state index contributed by atoms with van der Waals surface area (Å²) in [5.41, 5.74) is 4.09. The van der Waals surface area contributed by atoms with Gasteiger partial charge in [-0.1, -0.05) is 24.3 Å². The SMILES string of the molecule is c1ccc(C2CN=C3N2c2ccccc2C32COc3cc4c(cc32)OCCO4)nc1. The van der Waals surface area contributed by atoms with Crippen molar-refractivity contribution in [1.29, 1.82) is 0 Å². The summed E-state index contributed by atoms with van der Waals surface area (Å²) in [7, 11) is 0. The molecule has 2 unspecified atom stereocenters. The van der Waals surface area contributed by atoms with Crippen LogP contribution in [0.4, 0.5) is 5.69 Å². The molecule has 0 N–H and O–H groups in total. The second-order valence-electron chi connectivity index (χ2n) is 8.01. The first-order valence-corrected chi connectivity index (χ1v) is 10.3. The minimum atomic E-state index is -0.439. The molecule has 0 saturated carbocycles. The predicted octanol–water partition coefficient (Wildman–Crippen LogP) is 3.50. The number of nitrogens with zero attached hydrogens (tertiary/aromatic N) is 3. The van der Waals surface area contributed by atoms with E-state index in [0.29, 0.717) is 26.4 Å². The lowest BCUT2D eigenvalue weighted by molar-refractivity contribution is 0.171. The number of amidine groups is 1. The molecule has 6 heteroatoms. The molecular weight excluding hydrogens is 378 g/mol. The van der Waals surface area contributed by atoms with Gasteiger partial charge < -0.3 is 19.1 Å². The van der Waals surface area contributed by atoms with E-state index in [0.717, 1.165) is 34.3 Å². The van der Waals surface area contributed by atoms with Crippen LogP contribution in [0.15, 0.2) is 65.8 Å². The Labute approximate surface area is 173 Å². The topological polar surface area (TPSA) is 56.2 Å². The summed E-state index contributed by atoms with van der Waals surface area (Å²) in [5.74, 6) is 3.41. The van der Waals surface area contributed by atoms with Gasteiger partial charge in [0.2, 0.25) is 0 Å². The summed E-state index contributed by atoms with van der Waals surface area (Å²) in [6.07, 6.45) is 1.85. The van der Waals surface area contributed by atoms with Gasteiger partial charge in [0.15, 0.2) is 11.5 Å². The first-order valence-electron chi connectivity index (χ1n) is 10.3. The minimum Gasteiger partial charge on any atom is -0.491 e. The maximum absolute atomic E-state index is 6.25. The van der Waals surface area contributed by atoms with Crippen molar-refractivity contribution in [3.8, 4) is 17.2 Å². The molecule has 30 heavy (non-hydrogen) atoms. The van der Waals surface area contributed by atoms with E-state index in [2.05, 4.69) is 46.3 Å². The molecule has 4 aliphatic heterocycles. The van der Waals surface area contributed by atoms with Gasteiger partial charge in [0.05, 0.1) is 18.3 Å². The zero-order chi connectivity index (χ0) is 19.7. The van der Waals surface area contributed by atoms with E-state index >= 15 is 0 Å². The molecule has 3 aromatic rings. The molecule has 2 aromatic carbocycles. The molecule has 0 fully saturated rings. The van der Waals surface area contributed by atoms with E-state index < -0.39 is 5.41 Å². The van der Waals surface area contributed by atoms with Crippen molar-refractivity contribution in [2.24, 2.45) is 4.99 Å². The smallest absolute Gasteiger partial charge is 0.165 e. The average molecular weight is 397 g/mol. The van der Waals surface area contributed by atoms with Crippen molar-refractivity contribution in [3.05, 3.63) is 77.6 Å². The third-order valence-electron chi connectivity index (χ3n) is 6.54. The summed E-state index contributed by atoms with van der Waals surface area (Å²) in [6, 6.07) is 18.8. The molecule has 2 atom stereocenters. The van der Waals surface area contributed by atoms with Crippen molar-refractivity contribution < 1.29 is 14.2 Å². The average Bonchev–Trinajstić information content (AvgIpc) is 3.47. The van der Waals surface area contributed by atoms with E-state index in [1.165, 1.54) is 11.3 Å². The second kappa shape index (κ2) is 5.75. The van der Waals surface area contributed by atoms with E-state index in [-0.39, 0.29) is 6.04 Å². The maximum atomic E-state index is 6.25.